The van der Waals surface area contributed by atoms with Crippen LogP contribution in [0.2, 0.25) is 0 Å². The number of H-pyrrole nitrogens is 1. The first-order valence-electron chi connectivity index (χ1n) is 8.63. The highest BCUT2D eigenvalue weighted by atomic mass is 15.6. The Kier molecular flexibility index (Phi) is 4.26. The maximum Gasteiger partial charge on any atom is 0.204 e. The molecular weight excluding hydrogens is 340 g/mol. The summed E-state index contributed by atoms with van der Waals surface area (Å²) in [6.07, 6.45) is 1.65. The molecule has 1 unspecified atom stereocenters. The average Bonchev–Trinajstić information content (AvgIpc) is 3.35. The Morgan fingerprint density at radius 2 is 1.96 bits per heavy atom. The lowest BCUT2D eigenvalue weighted by Crippen LogP contribution is -2.08. The highest BCUT2D eigenvalue weighted by molar-refractivity contribution is 5.78. The van der Waals surface area contributed by atoms with Crippen LogP contribution in [0.1, 0.15) is 31.5 Å². The van der Waals surface area contributed by atoms with Crippen LogP contribution in [0, 0.1) is 11.3 Å². The first kappa shape index (κ1) is 16.7. The molecule has 0 saturated heterocycles. The van der Waals surface area contributed by atoms with Crippen LogP contribution in [0.5, 0.6) is 0 Å². The van der Waals surface area contributed by atoms with E-state index in [9.17, 15) is 5.26 Å². The summed E-state index contributed by atoms with van der Waals surface area (Å²) in [4.78, 5) is 8.85. The lowest BCUT2D eigenvalue weighted by atomic mass is 10.0. The van der Waals surface area contributed by atoms with Crippen molar-refractivity contribution in [1.29, 1.82) is 5.26 Å². The van der Waals surface area contributed by atoms with Gasteiger partial charge in [0.1, 0.15) is 6.04 Å². The van der Waals surface area contributed by atoms with Crippen molar-refractivity contribution in [3.63, 3.8) is 0 Å². The molecule has 0 spiro atoms. The lowest BCUT2D eigenvalue weighted by molar-refractivity contribution is 0.455. The van der Waals surface area contributed by atoms with Crippen molar-refractivity contribution in [3.8, 4) is 17.5 Å². The summed E-state index contributed by atoms with van der Waals surface area (Å²) in [5.74, 6) is 0.571. The third-order valence-corrected chi connectivity index (χ3v) is 4.25. The average molecular weight is 358 g/mol. The van der Waals surface area contributed by atoms with Gasteiger partial charge < -0.3 is 10.3 Å². The molecule has 4 aromatic rings. The van der Waals surface area contributed by atoms with Crippen molar-refractivity contribution in [2.24, 2.45) is 0 Å². The third kappa shape index (κ3) is 3.35. The monoisotopic (exact) mass is 358 g/mol. The second-order valence-electron chi connectivity index (χ2n) is 6.49. The van der Waals surface area contributed by atoms with Crippen molar-refractivity contribution in [2.75, 3.05) is 5.32 Å². The van der Waals surface area contributed by atoms with Gasteiger partial charge in [-0.15, -0.1) is 10.2 Å². The molecule has 0 radical (unpaired) electrons. The molecule has 8 nitrogen and oxygen atoms in total. The molecule has 0 fully saturated rings. The van der Waals surface area contributed by atoms with Crippen LogP contribution in [0.15, 0.2) is 48.8 Å². The molecule has 0 aliphatic rings. The number of aromatic amines is 1. The number of nitrogens with zero attached hydrogens (tertiary/aromatic N) is 6. The second kappa shape index (κ2) is 6.88. The number of fused-ring (bicyclic) bond motifs is 1. The number of hydrogen-bond acceptors (Lipinski definition) is 6. The smallest absolute Gasteiger partial charge is 0.204 e. The standard InChI is InChI=1S/C19H18N8/c1-12(2)27-25-19(24-26-27)14-5-3-13(4-6-14)18(10-20)23-15-7-8-16-17(9-15)22-11-21-16/h3-9,11-12,18,23H,1-2H3,(H,21,22). The summed E-state index contributed by atoms with van der Waals surface area (Å²) in [6, 6.07) is 15.4. The number of rotatable bonds is 5. The Balaban J connectivity index is 1.54. The van der Waals surface area contributed by atoms with Gasteiger partial charge in [0.05, 0.1) is 29.5 Å². The van der Waals surface area contributed by atoms with E-state index in [1.165, 1.54) is 0 Å². The summed E-state index contributed by atoms with van der Waals surface area (Å²) < 4.78 is 0. The summed E-state index contributed by atoms with van der Waals surface area (Å²) >= 11 is 0. The van der Waals surface area contributed by atoms with E-state index in [-0.39, 0.29) is 6.04 Å². The summed E-state index contributed by atoms with van der Waals surface area (Å²) in [5.41, 5.74) is 4.39. The van der Waals surface area contributed by atoms with Crippen molar-refractivity contribution in [2.45, 2.75) is 25.9 Å². The molecule has 2 aromatic heterocycles. The van der Waals surface area contributed by atoms with Crippen molar-refractivity contribution >= 4 is 16.7 Å². The molecule has 0 saturated carbocycles. The first-order chi connectivity index (χ1) is 13.1. The van der Waals surface area contributed by atoms with Gasteiger partial charge in [0.25, 0.3) is 0 Å². The van der Waals surface area contributed by atoms with Gasteiger partial charge in [0.15, 0.2) is 0 Å². The zero-order valence-corrected chi connectivity index (χ0v) is 15.0. The summed E-state index contributed by atoms with van der Waals surface area (Å²) in [6.45, 7) is 4.00. The number of benzene rings is 2. The number of nitriles is 1. The van der Waals surface area contributed by atoms with Gasteiger partial charge in [0.2, 0.25) is 5.82 Å². The minimum absolute atomic E-state index is 0.157. The van der Waals surface area contributed by atoms with Gasteiger partial charge in [0, 0.05) is 11.3 Å². The maximum atomic E-state index is 9.59. The van der Waals surface area contributed by atoms with Crippen LogP contribution in [0.3, 0.4) is 0 Å². The Morgan fingerprint density at radius 3 is 2.67 bits per heavy atom. The zero-order chi connectivity index (χ0) is 18.8. The van der Waals surface area contributed by atoms with Crippen LogP contribution in [0.25, 0.3) is 22.4 Å². The second-order valence-corrected chi connectivity index (χ2v) is 6.49. The molecule has 0 aliphatic carbocycles. The van der Waals surface area contributed by atoms with Crippen LogP contribution in [-0.2, 0) is 0 Å². The Hall–Kier alpha value is -3.73. The predicted molar refractivity (Wildman–Crippen MR) is 102 cm³/mol. The van der Waals surface area contributed by atoms with Crippen molar-refractivity contribution < 1.29 is 0 Å². The Bertz CT molecular complexity index is 1100. The van der Waals surface area contributed by atoms with Gasteiger partial charge in [-0.3, -0.25) is 0 Å². The minimum atomic E-state index is -0.473. The topological polar surface area (TPSA) is 108 Å². The number of hydrogen-bond donors (Lipinski definition) is 2. The Labute approximate surface area is 155 Å². The number of aromatic nitrogens is 6. The van der Waals surface area contributed by atoms with Crippen LogP contribution in [-0.4, -0.2) is 30.2 Å². The molecule has 8 heteroatoms. The minimum Gasteiger partial charge on any atom is -0.366 e. The van der Waals surface area contributed by atoms with Gasteiger partial charge in [-0.1, -0.05) is 24.3 Å². The first-order valence-corrected chi connectivity index (χ1v) is 8.63. The van der Waals surface area contributed by atoms with Gasteiger partial charge >= 0.3 is 0 Å². The van der Waals surface area contributed by atoms with Crippen molar-refractivity contribution in [1.82, 2.24) is 30.2 Å². The van der Waals surface area contributed by atoms with Gasteiger partial charge in [-0.25, -0.2) is 4.98 Å². The lowest BCUT2D eigenvalue weighted by Gasteiger charge is -2.13. The SMILES string of the molecule is CC(C)n1nnc(-c2ccc(C(C#N)Nc3ccc4nc[nH]c4c3)cc2)n1. The molecule has 27 heavy (non-hydrogen) atoms. The molecular formula is C19H18N8. The van der Waals surface area contributed by atoms with E-state index in [2.05, 4.69) is 36.8 Å². The van der Waals surface area contributed by atoms with Crippen LogP contribution >= 0.6 is 0 Å². The van der Waals surface area contributed by atoms with Crippen LogP contribution in [0.4, 0.5) is 5.69 Å². The van der Waals surface area contributed by atoms with Crippen LogP contribution < -0.4 is 5.32 Å². The maximum absolute atomic E-state index is 9.59. The number of nitrogens with one attached hydrogen (secondary N) is 2. The fraction of sp³-hybridized carbons (Fsp3) is 0.211. The number of tetrazole rings is 1. The molecule has 0 amide bonds. The highest BCUT2D eigenvalue weighted by Gasteiger charge is 2.13. The molecule has 0 bridgehead atoms. The quantitative estimate of drug-likeness (QED) is 0.565. The van der Waals surface area contributed by atoms with Gasteiger partial charge in [-0.05, 0) is 42.8 Å². The third-order valence-electron chi connectivity index (χ3n) is 4.25. The number of imidazole rings is 1. The Morgan fingerprint density at radius 1 is 1.15 bits per heavy atom. The molecule has 1 atom stereocenters. The molecule has 2 aromatic carbocycles. The summed E-state index contributed by atoms with van der Waals surface area (Å²) in [7, 11) is 0. The molecule has 2 heterocycles. The van der Waals surface area contributed by atoms with E-state index in [0.29, 0.717) is 5.82 Å². The van der Waals surface area contributed by atoms with Gasteiger partial charge in [-0.2, -0.15) is 10.1 Å². The van der Waals surface area contributed by atoms with E-state index in [0.717, 1.165) is 27.8 Å². The highest BCUT2D eigenvalue weighted by Crippen LogP contribution is 2.24. The number of anilines is 1. The zero-order valence-electron chi connectivity index (χ0n) is 15.0. The molecule has 134 valence electrons. The van der Waals surface area contributed by atoms with E-state index in [1.54, 1.807) is 11.1 Å². The molecule has 0 aliphatic heterocycles. The largest absolute Gasteiger partial charge is 0.366 e. The van der Waals surface area contributed by atoms with E-state index < -0.39 is 6.04 Å². The fourth-order valence-electron chi connectivity index (χ4n) is 2.77. The predicted octanol–water partition coefficient (Wildman–Crippen LogP) is 3.47. The van der Waals surface area contributed by atoms with E-state index in [4.69, 9.17) is 0 Å². The fourth-order valence-corrected chi connectivity index (χ4v) is 2.77. The van der Waals surface area contributed by atoms with E-state index >= 15 is 0 Å². The van der Waals surface area contributed by atoms with E-state index in [1.807, 2.05) is 56.3 Å². The summed E-state index contributed by atoms with van der Waals surface area (Å²) in [5, 5.41) is 25.3. The van der Waals surface area contributed by atoms with Crippen molar-refractivity contribution in [3.05, 3.63) is 54.4 Å². The molecule has 4 rings (SSSR count). The normalized spacial score (nSPS) is 12.2. The molecule has 2 N–H and O–H groups in total.